The van der Waals surface area contributed by atoms with Crippen LogP contribution in [0.4, 0.5) is 17.5 Å². The smallest absolute Gasteiger partial charge is 0.249 e. The highest BCUT2D eigenvalue weighted by atomic mass is 35.5. The Morgan fingerprint density at radius 3 is 2.73 bits per heavy atom. The zero-order chi connectivity index (χ0) is 15.7. The highest BCUT2D eigenvalue weighted by molar-refractivity contribution is 6.29. The van der Waals surface area contributed by atoms with Gasteiger partial charge in [-0.1, -0.05) is 29.8 Å². The molecule has 22 heavy (non-hydrogen) atoms. The van der Waals surface area contributed by atoms with Crippen molar-refractivity contribution in [2.75, 3.05) is 29.1 Å². The maximum absolute atomic E-state index is 12.7. The molecular weight excluding hydrogens is 302 g/mol. The van der Waals surface area contributed by atoms with Crippen LogP contribution >= 0.6 is 11.6 Å². The molecule has 0 aliphatic carbocycles. The van der Waals surface area contributed by atoms with E-state index in [4.69, 9.17) is 17.3 Å². The second kappa shape index (κ2) is 5.81. The first-order valence-corrected chi connectivity index (χ1v) is 7.33. The first kappa shape index (κ1) is 14.6. The van der Waals surface area contributed by atoms with Gasteiger partial charge in [-0.3, -0.25) is 4.79 Å². The van der Waals surface area contributed by atoms with Crippen LogP contribution in [0, 0.1) is 0 Å². The molecule has 2 N–H and O–H groups in total. The molecule has 7 heteroatoms. The number of carbonyl (C=O) groups excluding carboxylic acids is 1. The molecule has 1 atom stereocenters. The van der Waals surface area contributed by atoms with Crippen LogP contribution in [0.2, 0.25) is 5.15 Å². The van der Waals surface area contributed by atoms with E-state index in [1.165, 1.54) is 0 Å². The van der Waals surface area contributed by atoms with E-state index >= 15 is 0 Å². The number of amides is 1. The highest BCUT2D eigenvalue weighted by Crippen LogP contribution is 2.26. The van der Waals surface area contributed by atoms with Gasteiger partial charge in [0.15, 0.2) is 0 Å². The number of anilines is 3. The van der Waals surface area contributed by atoms with Crippen LogP contribution in [0.25, 0.3) is 0 Å². The van der Waals surface area contributed by atoms with E-state index in [2.05, 4.69) is 9.97 Å². The number of aromatic nitrogens is 2. The summed E-state index contributed by atoms with van der Waals surface area (Å²) in [7, 11) is 1.81. The molecule has 1 aliphatic heterocycles. The predicted molar refractivity (Wildman–Crippen MR) is 87.1 cm³/mol. The summed E-state index contributed by atoms with van der Waals surface area (Å²) in [5, 5.41) is 0.264. The number of rotatable bonds is 3. The van der Waals surface area contributed by atoms with E-state index in [1.54, 1.807) is 15.9 Å². The van der Waals surface area contributed by atoms with Gasteiger partial charge in [-0.05, 0) is 18.6 Å². The molecule has 1 aromatic carbocycles. The number of para-hydroxylation sites is 1. The third kappa shape index (κ3) is 2.69. The van der Waals surface area contributed by atoms with Crippen LogP contribution in [-0.2, 0) is 4.79 Å². The van der Waals surface area contributed by atoms with Crippen LogP contribution in [0.5, 0.6) is 0 Å². The van der Waals surface area contributed by atoms with Crippen molar-refractivity contribution < 1.29 is 4.79 Å². The van der Waals surface area contributed by atoms with Gasteiger partial charge in [0, 0.05) is 25.3 Å². The van der Waals surface area contributed by atoms with Gasteiger partial charge in [-0.15, -0.1) is 0 Å². The van der Waals surface area contributed by atoms with E-state index in [0.717, 1.165) is 5.69 Å². The van der Waals surface area contributed by atoms with Gasteiger partial charge < -0.3 is 15.5 Å². The standard InChI is InChI=1S/C15H16ClN5O/c1-20(13-9-12(16)18-15(17)19-13)11-7-8-21(14(11)22)10-5-3-2-4-6-10/h2-6,9,11H,7-8H2,1H3,(H2,17,18,19). The van der Waals surface area contributed by atoms with Gasteiger partial charge >= 0.3 is 0 Å². The quantitative estimate of drug-likeness (QED) is 0.876. The van der Waals surface area contributed by atoms with Crippen LogP contribution in [0.3, 0.4) is 0 Å². The fourth-order valence-electron chi connectivity index (χ4n) is 2.65. The number of hydrogen-bond acceptors (Lipinski definition) is 5. The SMILES string of the molecule is CN(c1cc(Cl)nc(N)n1)C1CCN(c2ccccc2)C1=O. The molecule has 114 valence electrons. The Kier molecular flexibility index (Phi) is 3.85. The first-order chi connectivity index (χ1) is 10.6. The zero-order valence-electron chi connectivity index (χ0n) is 12.1. The van der Waals surface area contributed by atoms with Gasteiger partial charge in [0.1, 0.15) is 17.0 Å². The number of nitrogen functional groups attached to an aromatic ring is 1. The molecule has 0 bridgehead atoms. The number of nitrogens with two attached hydrogens (primary N) is 1. The number of nitrogens with zero attached hydrogens (tertiary/aromatic N) is 4. The third-order valence-electron chi connectivity index (χ3n) is 3.77. The Morgan fingerprint density at radius 2 is 2.05 bits per heavy atom. The Balaban J connectivity index is 1.83. The van der Waals surface area contributed by atoms with Crippen LogP contribution in [0.1, 0.15) is 6.42 Å². The lowest BCUT2D eigenvalue weighted by Gasteiger charge is -2.25. The van der Waals surface area contributed by atoms with Gasteiger partial charge in [0.05, 0.1) is 0 Å². The largest absolute Gasteiger partial charge is 0.368 e. The van der Waals surface area contributed by atoms with Crippen molar-refractivity contribution >= 4 is 35.0 Å². The van der Waals surface area contributed by atoms with Crippen molar-refractivity contribution in [1.29, 1.82) is 0 Å². The lowest BCUT2D eigenvalue weighted by Crippen LogP contribution is -2.40. The van der Waals surface area contributed by atoms with Crippen molar-refractivity contribution in [1.82, 2.24) is 9.97 Å². The number of halogens is 1. The molecule has 0 spiro atoms. The Bertz CT molecular complexity index is 673. The second-order valence-electron chi connectivity index (χ2n) is 5.15. The Morgan fingerprint density at radius 1 is 1.32 bits per heavy atom. The van der Waals surface area contributed by atoms with Gasteiger partial charge in [-0.25, -0.2) is 4.98 Å². The van der Waals surface area contributed by atoms with Crippen molar-refractivity contribution in [3.05, 3.63) is 41.6 Å². The van der Waals surface area contributed by atoms with Crippen molar-refractivity contribution in [2.45, 2.75) is 12.5 Å². The predicted octanol–water partition coefficient (Wildman–Crippen LogP) is 1.95. The monoisotopic (exact) mass is 317 g/mol. The first-order valence-electron chi connectivity index (χ1n) is 6.95. The summed E-state index contributed by atoms with van der Waals surface area (Å²) in [5.74, 6) is 0.687. The Hall–Kier alpha value is -2.34. The van der Waals surface area contributed by atoms with Crippen LogP contribution in [0.15, 0.2) is 36.4 Å². The molecule has 2 aromatic rings. The summed E-state index contributed by atoms with van der Waals surface area (Å²) in [5.41, 5.74) is 6.53. The fraction of sp³-hybridized carbons (Fsp3) is 0.267. The number of benzene rings is 1. The maximum Gasteiger partial charge on any atom is 0.249 e. The molecule has 0 radical (unpaired) electrons. The van der Waals surface area contributed by atoms with Crippen molar-refractivity contribution in [3.63, 3.8) is 0 Å². The maximum atomic E-state index is 12.7. The van der Waals surface area contributed by atoms with E-state index in [1.807, 2.05) is 37.4 Å². The topological polar surface area (TPSA) is 75.4 Å². The van der Waals surface area contributed by atoms with E-state index < -0.39 is 0 Å². The minimum Gasteiger partial charge on any atom is -0.368 e. The Labute approximate surface area is 133 Å². The van der Waals surface area contributed by atoms with Crippen molar-refractivity contribution in [2.24, 2.45) is 0 Å². The summed E-state index contributed by atoms with van der Waals surface area (Å²) >= 11 is 5.91. The van der Waals surface area contributed by atoms with E-state index in [9.17, 15) is 4.79 Å². The molecule has 1 saturated heterocycles. The average Bonchev–Trinajstić information content (AvgIpc) is 2.88. The molecule has 1 unspecified atom stereocenters. The van der Waals surface area contributed by atoms with Gasteiger partial charge in [-0.2, -0.15) is 4.98 Å². The normalized spacial score (nSPS) is 17.8. The summed E-state index contributed by atoms with van der Waals surface area (Å²) in [4.78, 5) is 24.2. The molecule has 1 aliphatic rings. The highest BCUT2D eigenvalue weighted by Gasteiger charge is 2.36. The molecule has 1 aromatic heterocycles. The fourth-order valence-corrected chi connectivity index (χ4v) is 2.84. The second-order valence-corrected chi connectivity index (χ2v) is 5.54. The zero-order valence-corrected chi connectivity index (χ0v) is 12.9. The minimum absolute atomic E-state index is 0.0435. The molecule has 3 rings (SSSR count). The summed E-state index contributed by atoms with van der Waals surface area (Å²) < 4.78 is 0. The van der Waals surface area contributed by atoms with Gasteiger partial charge in [0.2, 0.25) is 11.9 Å². The van der Waals surface area contributed by atoms with Crippen molar-refractivity contribution in [3.8, 4) is 0 Å². The molecule has 6 nitrogen and oxygen atoms in total. The number of carbonyl (C=O) groups is 1. The summed E-state index contributed by atoms with van der Waals surface area (Å²) in [6, 6.07) is 11.0. The third-order valence-corrected chi connectivity index (χ3v) is 3.97. The average molecular weight is 318 g/mol. The minimum atomic E-state index is -0.287. The molecule has 1 amide bonds. The molecule has 2 heterocycles. The van der Waals surface area contributed by atoms with E-state index in [-0.39, 0.29) is 23.1 Å². The number of hydrogen-bond donors (Lipinski definition) is 1. The lowest BCUT2D eigenvalue weighted by molar-refractivity contribution is -0.118. The van der Waals surface area contributed by atoms with Gasteiger partial charge in [0.25, 0.3) is 0 Å². The van der Waals surface area contributed by atoms with Crippen LogP contribution in [-0.4, -0.2) is 35.5 Å². The molecular formula is C15H16ClN5O. The summed E-state index contributed by atoms with van der Waals surface area (Å²) in [6.07, 6.45) is 0.714. The summed E-state index contributed by atoms with van der Waals surface area (Å²) in [6.45, 7) is 0.673. The van der Waals surface area contributed by atoms with E-state index in [0.29, 0.717) is 18.8 Å². The molecule has 0 saturated carbocycles. The van der Waals surface area contributed by atoms with Crippen LogP contribution < -0.4 is 15.5 Å². The number of likely N-dealkylation sites (N-methyl/N-ethyl adjacent to an activating group) is 1. The molecule has 1 fully saturated rings. The lowest BCUT2D eigenvalue weighted by atomic mass is 10.2.